The van der Waals surface area contributed by atoms with Gasteiger partial charge in [-0.2, -0.15) is 4.39 Å². The monoisotopic (exact) mass is 380 g/mol. The number of rotatable bonds is 4. The van der Waals surface area contributed by atoms with Crippen molar-refractivity contribution in [3.8, 4) is 0 Å². The van der Waals surface area contributed by atoms with E-state index < -0.39 is 26.5 Å². The summed E-state index contributed by atoms with van der Waals surface area (Å²) in [6.07, 6.45) is 0. The van der Waals surface area contributed by atoms with Gasteiger partial charge in [0.15, 0.2) is 4.21 Å². The van der Waals surface area contributed by atoms with Crippen molar-refractivity contribution in [3.05, 3.63) is 50.0 Å². The number of nitrogens with one attached hydrogen (secondary N) is 1. The molecule has 0 aliphatic carbocycles. The van der Waals surface area contributed by atoms with Crippen molar-refractivity contribution in [2.24, 2.45) is 0 Å². The number of hydrogen-bond donors (Lipinski definition) is 1. The minimum Gasteiger partial charge on any atom is -0.279 e. The van der Waals surface area contributed by atoms with Gasteiger partial charge in [0.2, 0.25) is 5.82 Å². The fourth-order valence-electron chi connectivity index (χ4n) is 1.39. The molecule has 10 heteroatoms. The molecule has 0 aliphatic heterocycles. The summed E-state index contributed by atoms with van der Waals surface area (Å²) in [6, 6.07) is 4.35. The molecule has 0 saturated heterocycles. The number of hydrogen-bond acceptors (Lipinski definition) is 5. The number of halogens is 2. The molecule has 0 amide bonds. The molecule has 0 saturated carbocycles. The fraction of sp³-hybridized carbons (Fsp3) is 0. The molecular formula is C10H6BrFN2O4S2. The highest BCUT2D eigenvalue weighted by molar-refractivity contribution is 9.10. The number of nitro groups is 1. The molecule has 1 aromatic carbocycles. The van der Waals surface area contributed by atoms with E-state index in [1.165, 1.54) is 0 Å². The van der Waals surface area contributed by atoms with Gasteiger partial charge < -0.3 is 0 Å². The standard InChI is InChI=1S/C10H6BrFN2O4S2/c11-7-3-4-19-10(7)20(17,18)13-6-1-2-9(14(15)16)8(12)5-6/h1-5,13H. The molecule has 0 radical (unpaired) electrons. The smallest absolute Gasteiger partial charge is 0.279 e. The van der Waals surface area contributed by atoms with Crippen molar-refractivity contribution < 1.29 is 17.7 Å². The second kappa shape index (κ2) is 5.46. The third kappa shape index (κ3) is 2.97. The lowest BCUT2D eigenvalue weighted by molar-refractivity contribution is -0.387. The van der Waals surface area contributed by atoms with E-state index >= 15 is 0 Å². The van der Waals surface area contributed by atoms with E-state index in [-0.39, 0.29) is 9.90 Å². The molecule has 1 N–H and O–H groups in total. The second-order valence-electron chi connectivity index (χ2n) is 3.58. The van der Waals surface area contributed by atoms with Crippen molar-refractivity contribution in [2.45, 2.75) is 4.21 Å². The highest BCUT2D eigenvalue weighted by Crippen LogP contribution is 2.30. The lowest BCUT2D eigenvalue weighted by atomic mass is 10.3. The van der Waals surface area contributed by atoms with Gasteiger partial charge in [-0.1, -0.05) is 0 Å². The van der Waals surface area contributed by atoms with Crippen LogP contribution in [0.4, 0.5) is 15.8 Å². The Morgan fingerprint density at radius 3 is 2.55 bits per heavy atom. The summed E-state index contributed by atoms with van der Waals surface area (Å²) in [4.78, 5) is 9.59. The van der Waals surface area contributed by atoms with Crippen LogP contribution in [-0.4, -0.2) is 13.3 Å². The normalized spacial score (nSPS) is 11.3. The van der Waals surface area contributed by atoms with Crippen LogP contribution in [0.3, 0.4) is 0 Å². The van der Waals surface area contributed by atoms with Crippen LogP contribution in [0.1, 0.15) is 0 Å². The van der Waals surface area contributed by atoms with Gasteiger partial charge in [-0.25, -0.2) is 8.42 Å². The van der Waals surface area contributed by atoms with E-state index in [9.17, 15) is 22.9 Å². The first-order valence-corrected chi connectivity index (χ1v) is 8.16. The maximum absolute atomic E-state index is 13.4. The van der Waals surface area contributed by atoms with Crippen LogP contribution in [0, 0.1) is 15.9 Å². The Balaban J connectivity index is 2.33. The maximum atomic E-state index is 13.4. The Hall–Kier alpha value is -1.52. The summed E-state index contributed by atoms with van der Waals surface area (Å²) in [5, 5.41) is 12.1. The minimum absolute atomic E-state index is 0.0382. The van der Waals surface area contributed by atoms with Crippen LogP contribution in [0.15, 0.2) is 38.3 Å². The van der Waals surface area contributed by atoms with Gasteiger partial charge >= 0.3 is 5.69 Å². The number of nitrogens with zero attached hydrogens (tertiary/aromatic N) is 1. The first-order valence-electron chi connectivity index (χ1n) is 5.01. The molecule has 0 atom stereocenters. The van der Waals surface area contributed by atoms with E-state index in [1.807, 2.05) is 0 Å². The van der Waals surface area contributed by atoms with Crippen LogP contribution in [0.25, 0.3) is 0 Å². The van der Waals surface area contributed by atoms with E-state index in [4.69, 9.17) is 0 Å². The summed E-state index contributed by atoms with van der Waals surface area (Å²) in [5.74, 6) is -1.11. The van der Waals surface area contributed by atoms with Crippen LogP contribution >= 0.6 is 27.3 Å². The quantitative estimate of drug-likeness (QED) is 0.650. The van der Waals surface area contributed by atoms with Crippen molar-refractivity contribution >= 4 is 48.7 Å². The predicted octanol–water partition coefficient (Wildman–Crippen LogP) is 3.36. The molecule has 0 bridgehead atoms. The zero-order valence-corrected chi connectivity index (χ0v) is 12.8. The van der Waals surface area contributed by atoms with Crippen molar-refractivity contribution in [3.63, 3.8) is 0 Å². The SMILES string of the molecule is O=[N+]([O-])c1ccc(NS(=O)(=O)c2sccc2Br)cc1F. The summed E-state index contributed by atoms with van der Waals surface area (Å²) >= 11 is 4.08. The average Bonchev–Trinajstić information content (AvgIpc) is 2.75. The highest BCUT2D eigenvalue weighted by atomic mass is 79.9. The molecule has 20 heavy (non-hydrogen) atoms. The molecule has 0 fully saturated rings. The maximum Gasteiger partial charge on any atom is 0.304 e. The predicted molar refractivity (Wildman–Crippen MR) is 75.9 cm³/mol. The Bertz CT molecular complexity index is 775. The molecule has 0 spiro atoms. The van der Waals surface area contributed by atoms with Crippen LogP contribution < -0.4 is 4.72 Å². The molecule has 1 aromatic heterocycles. The van der Waals surface area contributed by atoms with Crippen molar-refractivity contribution in [2.75, 3.05) is 4.72 Å². The third-order valence-corrected chi connectivity index (χ3v) is 6.28. The summed E-state index contributed by atoms with van der Waals surface area (Å²) in [7, 11) is -3.87. The van der Waals surface area contributed by atoms with Crippen molar-refractivity contribution in [1.29, 1.82) is 0 Å². The third-order valence-electron chi connectivity index (χ3n) is 2.23. The first-order chi connectivity index (χ1) is 9.31. The topological polar surface area (TPSA) is 89.3 Å². The van der Waals surface area contributed by atoms with Gasteiger partial charge in [-0.15, -0.1) is 11.3 Å². The molecule has 0 aliphatic rings. The van der Waals surface area contributed by atoms with Crippen LogP contribution in [-0.2, 0) is 10.0 Å². The lowest BCUT2D eigenvalue weighted by Gasteiger charge is -2.07. The van der Waals surface area contributed by atoms with E-state index in [0.29, 0.717) is 4.47 Å². The fourth-order valence-corrected chi connectivity index (χ4v) is 4.78. The zero-order chi connectivity index (χ0) is 14.9. The molecule has 1 heterocycles. The minimum atomic E-state index is -3.87. The van der Waals surface area contributed by atoms with Gasteiger partial charge in [-0.05, 0) is 33.4 Å². The zero-order valence-electron chi connectivity index (χ0n) is 9.54. The van der Waals surface area contributed by atoms with Crippen molar-refractivity contribution in [1.82, 2.24) is 0 Å². The molecule has 2 rings (SSSR count). The molecule has 106 valence electrons. The number of benzene rings is 1. The number of thiophene rings is 1. The van der Waals surface area contributed by atoms with Gasteiger partial charge in [-0.3, -0.25) is 14.8 Å². The van der Waals surface area contributed by atoms with Crippen LogP contribution in [0.2, 0.25) is 0 Å². The number of anilines is 1. The summed E-state index contributed by atoms with van der Waals surface area (Å²) in [6.45, 7) is 0. The van der Waals surface area contributed by atoms with E-state index in [0.717, 1.165) is 29.5 Å². The lowest BCUT2D eigenvalue weighted by Crippen LogP contribution is -2.12. The molecule has 6 nitrogen and oxygen atoms in total. The largest absolute Gasteiger partial charge is 0.304 e. The van der Waals surface area contributed by atoms with E-state index in [2.05, 4.69) is 20.7 Å². The van der Waals surface area contributed by atoms with E-state index in [1.54, 1.807) is 11.4 Å². The van der Waals surface area contributed by atoms with Gasteiger partial charge in [0.1, 0.15) is 0 Å². The molecular weight excluding hydrogens is 375 g/mol. The Labute approximate surface area is 125 Å². The van der Waals surface area contributed by atoms with Gasteiger partial charge in [0, 0.05) is 16.6 Å². The number of nitro benzene ring substituents is 1. The van der Waals surface area contributed by atoms with Crippen LogP contribution in [0.5, 0.6) is 0 Å². The first kappa shape index (κ1) is 14.9. The average molecular weight is 381 g/mol. The highest BCUT2D eigenvalue weighted by Gasteiger charge is 2.21. The number of sulfonamides is 1. The van der Waals surface area contributed by atoms with Gasteiger partial charge in [0.25, 0.3) is 10.0 Å². The Morgan fingerprint density at radius 2 is 2.05 bits per heavy atom. The molecule has 2 aromatic rings. The Morgan fingerprint density at radius 1 is 1.35 bits per heavy atom. The Kier molecular flexibility index (Phi) is 4.06. The summed E-state index contributed by atoms with van der Waals surface area (Å²) < 4.78 is 40.1. The molecule has 0 unspecified atom stereocenters. The van der Waals surface area contributed by atoms with Gasteiger partial charge in [0.05, 0.1) is 10.6 Å². The second-order valence-corrected chi connectivity index (χ2v) is 7.23. The summed E-state index contributed by atoms with van der Waals surface area (Å²) in [5.41, 5.74) is -0.807.